The Kier molecular flexibility index (Phi) is 14.3. The van der Waals surface area contributed by atoms with Gasteiger partial charge in [0.25, 0.3) is 0 Å². The maximum atomic E-state index is 10.0. The van der Waals surface area contributed by atoms with Crippen molar-refractivity contribution in [1.82, 2.24) is 5.32 Å². The third kappa shape index (κ3) is 29.4. The molecule has 0 aromatic heterocycles. The Balaban J connectivity index is 0. The lowest BCUT2D eigenvalue weighted by molar-refractivity contribution is 0.194. The highest BCUT2D eigenvalue weighted by Crippen LogP contribution is 2.03. The summed E-state index contributed by atoms with van der Waals surface area (Å²) in [5, 5.41) is 17.8. The molecule has 2 amide bonds. The topological polar surface area (TPSA) is 113 Å². The molecule has 0 aliphatic carbocycles. The average molecular weight is 234 g/mol. The summed E-state index contributed by atoms with van der Waals surface area (Å²) in [6.45, 7) is 2.79. The maximum absolute atomic E-state index is 10.0. The van der Waals surface area contributed by atoms with E-state index in [-0.39, 0.29) is 0 Å². The average Bonchev–Trinajstić information content (AvgIpc) is 2.15. The van der Waals surface area contributed by atoms with Gasteiger partial charge in [0.1, 0.15) is 0 Å². The van der Waals surface area contributed by atoms with Crippen molar-refractivity contribution in [2.24, 2.45) is 5.73 Å². The van der Waals surface area contributed by atoms with Crippen LogP contribution in [0.1, 0.15) is 45.4 Å². The molecule has 6 heteroatoms. The van der Waals surface area contributed by atoms with E-state index in [4.69, 9.17) is 15.0 Å². The molecular weight excluding hydrogens is 212 g/mol. The highest BCUT2D eigenvalue weighted by Gasteiger charge is 1.92. The quantitative estimate of drug-likeness (QED) is 0.506. The van der Waals surface area contributed by atoms with Crippen molar-refractivity contribution in [2.75, 3.05) is 6.54 Å². The van der Waals surface area contributed by atoms with Gasteiger partial charge in [-0.3, -0.25) is 0 Å². The van der Waals surface area contributed by atoms with E-state index in [0.29, 0.717) is 6.54 Å². The lowest BCUT2D eigenvalue weighted by Gasteiger charge is -2.00. The minimum Gasteiger partial charge on any atom is -0.465 e. The van der Waals surface area contributed by atoms with Gasteiger partial charge in [-0.15, -0.1) is 0 Å². The molecule has 0 atom stereocenters. The Labute approximate surface area is 95.8 Å². The van der Waals surface area contributed by atoms with Crippen molar-refractivity contribution < 1.29 is 19.8 Å². The van der Waals surface area contributed by atoms with Crippen LogP contribution >= 0.6 is 0 Å². The van der Waals surface area contributed by atoms with E-state index in [2.05, 4.69) is 18.0 Å². The molecule has 0 saturated carbocycles. The van der Waals surface area contributed by atoms with E-state index in [1.807, 2.05) is 0 Å². The van der Waals surface area contributed by atoms with Crippen LogP contribution < -0.4 is 11.1 Å². The molecule has 0 heterocycles. The van der Waals surface area contributed by atoms with E-state index in [1.165, 1.54) is 25.7 Å². The smallest absolute Gasteiger partial charge is 0.404 e. The van der Waals surface area contributed by atoms with Crippen LogP contribution in [0.2, 0.25) is 0 Å². The van der Waals surface area contributed by atoms with E-state index in [1.54, 1.807) is 0 Å². The maximum Gasteiger partial charge on any atom is 0.404 e. The molecule has 0 aromatic rings. The van der Waals surface area contributed by atoms with Crippen LogP contribution in [0.25, 0.3) is 0 Å². The molecule has 6 nitrogen and oxygen atoms in total. The first-order chi connectivity index (χ1) is 7.50. The summed E-state index contributed by atoms with van der Waals surface area (Å²) >= 11 is 0. The van der Waals surface area contributed by atoms with Gasteiger partial charge in [0, 0.05) is 6.54 Å². The molecule has 0 saturated heterocycles. The van der Waals surface area contributed by atoms with Crippen molar-refractivity contribution in [3.63, 3.8) is 0 Å². The molecule has 0 bridgehead atoms. The molecule has 0 radical (unpaired) electrons. The summed E-state index contributed by atoms with van der Waals surface area (Å²) in [7, 11) is 0. The van der Waals surface area contributed by atoms with Crippen molar-refractivity contribution >= 4 is 12.2 Å². The molecule has 0 aliphatic rings. The second-order valence-corrected chi connectivity index (χ2v) is 3.34. The number of carboxylic acid groups (broad SMARTS) is 2. The number of unbranched alkanes of at least 4 members (excludes halogenated alkanes) is 5. The van der Waals surface area contributed by atoms with Gasteiger partial charge in [-0.25, -0.2) is 9.59 Å². The van der Waals surface area contributed by atoms with Crippen LogP contribution in [-0.2, 0) is 0 Å². The standard InChI is InChI=1S/C9H19NO2.CH3NO2/c1-2-3-4-5-6-7-8-10-9(11)12;2-1(3)4/h10H,2-8H2,1H3,(H,11,12);2H2,(H,3,4). The van der Waals surface area contributed by atoms with Crippen LogP contribution in [0, 0.1) is 0 Å². The van der Waals surface area contributed by atoms with Gasteiger partial charge in [0.15, 0.2) is 0 Å². The Morgan fingerprint density at radius 3 is 1.94 bits per heavy atom. The summed E-state index contributed by atoms with van der Waals surface area (Å²) < 4.78 is 0. The Morgan fingerprint density at radius 1 is 1.06 bits per heavy atom. The van der Waals surface area contributed by atoms with Crippen LogP contribution in [0.4, 0.5) is 9.59 Å². The van der Waals surface area contributed by atoms with Gasteiger partial charge in [-0.05, 0) is 6.42 Å². The highest BCUT2D eigenvalue weighted by atomic mass is 16.4. The number of primary amides is 1. The first-order valence-electron chi connectivity index (χ1n) is 5.45. The number of rotatable bonds is 7. The lowest BCUT2D eigenvalue weighted by Crippen LogP contribution is -2.21. The largest absolute Gasteiger partial charge is 0.465 e. The van der Waals surface area contributed by atoms with Crippen molar-refractivity contribution in [1.29, 1.82) is 0 Å². The normalized spacial score (nSPS) is 8.81. The van der Waals surface area contributed by atoms with Gasteiger partial charge in [0.05, 0.1) is 0 Å². The highest BCUT2D eigenvalue weighted by molar-refractivity contribution is 5.64. The van der Waals surface area contributed by atoms with Gasteiger partial charge < -0.3 is 21.3 Å². The molecule has 0 fully saturated rings. The molecule has 96 valence electrons. The molecular formula is C10H22N2O4. The first kappa shape index (κ1) is 17.0. The fourth-order valence-corrected chi connectivity index (χ4v) is 1.10. The first-order valence-corrected chi connectivity index (χ1v) is 5.45. The fraction of sp³-hybridized carbons (Fsp3) is 0.800. The zero-order valence-electron chi connectivity index (χ0n) is 9.74. The van der Waals surface area contributed by atoms with E-state index >= 15 is 0 Å². The minimum atomic E-state index is -1.33. The van der Waals surface area contributed by atoms with Gasteiger partial charge >= 0.3 is 12.2 Å². The second-order valence-electron chi connectivity index (χ2n) is 3.34. The Bertz CT molecular complexity index is 182. The number of carbonyl (C=O) groups is 2. The molecule has 0 aliphatic heterocycles. The van der Waals surface area contributed by atoms with Crippen molar-refractivity contribution in [3.8, 4) is 0 Å². The Hall–Kier alpha value is -1.46. The molecule has 0 rings (SSSR count). The third-order valence-electron chi connectivity index (χ3n) is 1.81. The lowest BCUT2D eigenvalue weighted by atomic mass is 10.1. The van der Waals surface area contributed by atoms with Gasteiger partial charge in [-0.2, -0.15) is 0 Å². The summed E-state index contributed by atoms with van der Waals surface area (Å²) in [6.07, 6.45) is 4.93. The minimum absolute atomic E-state index is 0.599. The number of hydrogen-bond donors (Lipinski definition) is 4. The second kappa shape index (κ2) is 13.5. The number of amides is 2. The predicted molar refractivity (Wildman–Crippen MR) is 61.6 cm³/mol. The van der Waals surface area contributed by atoms with Gasteiger partial charge in [-0.1, -0.05) is 39.0 Å². The van der Waals surface area contributed by atoms with Crippen LogP contribution in [0.5, 0.6) is 0 Å². The zero-order valence-corrected chi connectivity index (χ0v) is 9.74. The monoisotopic (exact) mass is 234 g/mol. The molecule has 0 aromatic carbocycles. The SMILES string of the molecule is CCCCCCCCNC(=O)O.NC(=O)O. The summed E-state index contributed by atoms with van der Waals surface area (Å²) in [4.78, 5) is 18.8. The van der Waals surface area contributed by atoms with Crippen LogP contribution in [0.3, 0.4) is 0 Å². The number of nitrogens with two attached hydrogens (primary N) is 1. The molecule has 5 N–H and O–H groups in total. The zero-order chi connectivity index (χ0) is 12.8. The van der Waals surface area contributed by atoms with Crippen LogP contribution in [0.15, 0.2) is 0 Å². The van der Waals surface area contributed by atoms with E-state index < -0.39 is 12.2 Å². The van der Waals surface area contributed by atoms with Crippen molar-refractivity contribution in [3.05, 3.63) is 0 Å². The van der Waals surface area contributed by atoms with Crippen molar-refractivity contribution in [2.45, 2.75) is 45.4 Å². The number of nitrogens with one attached hydrogen (secondary N) is 1. The molecule has 0 spiro atoms. The van der Waals surface area contributed by atoms with Gasteiger partial charge in [0.2, 0.25) is 0 Å². The predicted octanol–water partition coefficient (Wildman–Crippen LogP) is 2.24. The van der Waals surface area contributed by atoms with E-state index in [0.717, 1.165) is 12.8 Å². The summed E-state index contributed by atoms with van der Waals surface area (Å²) in [6, 6.07) is 0. The summed E-state index contributed by atoms with van der Waals surface area (Å²) in [5.41, 5.74) is 4.03. The number of hydrogen-bond acceptors (Lipinski definition) is 2. The molecule has 16 heavy (non-hydrogen) atoms. The summed E-state index contributed by atoms with van der Waals surface area (Å²) in [5.74, 6) is 0. The fourth-order valence-electron chi connectivity index (χ4n) is 1.10. The van der Waals surface area contributed by atoms with E-state index in [9.17, 15) is 4.79 Å². The third-order valence-corrected chi connectivity index (χ3v) is 1.81. The Morgan fingerprint density at radius 2 is 1.50 bits per heavy atom. The molecule has 0 unspecified atom stereocenters. The van der Waals surface area contributed by atoms with Crippen LogP contribution in [-0.4, -0.2) is 28.9 Å².